The van der Waals surface area contributed by atoms with Crippen LogP contribution in [-0.2, 0) is 33.6 Å². The molecule has 0 unspecified atom stereocenters. The first kappa shape index (κ1) is 41.5. The monoisotopic (exact) mass is 659 g/mol. The Labute approximate surface area is 266 Å². The van der Waals surface area contributed by atoms with Crippen molar-refractivity contribution in [1.82, 2.24) is 26.6 Å². The van der Waals surface area contributed by atoms with E-state index in [4.69, 9.17) is 32.8 Å². The maximum Gasteiger partial charge on any atom is 0.326 e. The van der Waals surface area contributed by atoms with Gasteiger partial charge >= 0.3 is 17.9 Å². The molecular formula is C27H49N9O10. The highest BCUT2D eigenvalue weighted by Gasteiger charge is 2.32. The first-order chi connectivity index (χ1) is 21.5. The molecule has 0 aliphatic heterocycles. The van der Waals surface area contributed by atoms with Crippen LogP contribution in [0.4, 0.5) is 0 Å². The van der Waals surface area contributed by atoms with Crippen molar-refractivity contribution in [2.45, 2.75) is 102 Å². The van der Waals surface area contributed by atoms with Crippen LogP contribution in [0.1, 0.15) is 71.6 Å². The third kappa shape index (κ3) is 18.3. The minimum Gasteiger partial charge on any atom is -0.481 e. The summed E-state index contributed by atoms with van der Waals surface area (Å²) in [6.07, 6.45) is -0.388. The number of rotatable bonds is 24. The summed E-state index contributed by atoms with van der Waals surface area (Å²) in [5.74, 6) is -8.02. The van der Waals surface area contributed by atoms with Crippen molar-refractivity contribution in [2.75, 3.05) is 13.1 Å². The van der Waals surface area contributed by atoms with Crippen LogP contribution in [0.5, 0.6) is 0 Å². The van der Waals surface area contributed by atoms with Crippen LogP contribution in [0.2, 0.25) is 0 Å². The van der Waals surface area contributed by atoms with Crippen molar-refractivity contribution in [3.63, 3.8) is 0 Å². The minimum absolute atomic E-state index is 0.00586. The third-order valence-corrected chi connectivity index (χ3v) is 6.53. The molecule has 0 fully saturated rings. The van der Waals surface area contributed by atoms with E-state index in [1.165, 1.54) is 0 Å². The zero-order valence-electron chi connectivity index (χ0n) is 26.2. The Morgan fingerprint density at radius 1 is 0.696 bits per heavy atom. The molecule has 19 heteroatoms. The van der Waals surface area contributed by atoms with Crippen LogP contribution < -0.4 is 43.8 Å². The van der Waals surface area contributed by atoms with Crippen LogP contribution in [-0.4, -0.2) is 106 Å². The van der Waals surface area contributed by atoms with Gasteiger partial charge in [-0.15, -0.1) is 0 Å². The predicted molar refractivity (Wildman–Crippen MR) is 164 cm³/mol. The number of aliphatic carboxylic acids is 3. The van der Waals surface area contributed by atoms with Crippen LogP contribution in [0, 0.1) is 11.3 Å². The number of amides is 4. The van der Waals surface area contributed by atoms with Crippen molar-refractivity contribution in [1.29, 1.82) is 5.41 Å². The molecular weight excluding hydrogens is 610 g/mol. The summed E-state index contributed by atoms with van der Waals surface area (Å²) in [5, 5.41) is 47.1. The average molecular weight is 660 g/mol. The van der Waals surface area contributed by atoms with E-state index in [0.717, 1.165) is 0 Å². The number of nitrogens with two attached hydrogens (primary N) is 3. The molecule has 19 nitrogen and oxygen atoms in total. The van der Waals surface area contributed by atoms with Crippen molar-refractivity contribution >= 4 is 47.5 Å². The minimum atomic E-state index is -1.53. The Kier molecular flexibility index (Phi) is 19.9. The van der Waals surface area contributed by atoms with Crippen molar-refractivity contribution < 1.29 is 48.9 Å². The van der Waals surface area contributed by atoms with Gasteiger partial charge in [0.1, 0.15) is 24.2 Å². The summed E-state index contributed by atoms with van der Waals surface area (Å²) < 4.78 is 0. The second-order valence-electron chi connectivity index (χ2n) is 11.1. The number of carbonyl (C=O) groups excluding carboxylic acids is 4. The molecule has 5 atom stereocenters. The Morgan fingerprint density at radius 2 is 1.20 bits per heavy atom. The predicted octanol–water partition coefficient (Wildman–Crippen LogP) is -2.88. The summed E-state index contributed by atoms with van der Waals surface area (Å²) in [4.78, 5) is 86.2. The van der Waals surface area contributed by atoms with Gasteiger partial charge in [0, 0.05) is 13.0 Å². The number of hydrogen-bond donors (Lipinski definition) is 12. The van der Waals surface area contributed by atoms with Crippen LogP contribution >= 0.6 is 0 Å². The summed E-state index contributed by atoms with van der Waals surface area (Å²) in [5.41, 5.74) is 16.3. The Hall–Kier alpha value is -4.52. The lowest BCUT2D eigenvalue weighted by Gasteiger charge is -2.27. The van der Waals surface area contributed by atoms with Gasteiger partial charge < -0.3 is 59.1 Å². The van der Waals surface area contributed by atoms with E-state index in [2.05, 4.69) is 26.6 Å². The SMILES string of the molecule is CC(C)C[C@H](NC(=O)[C@H](CCC(=O)O)NC(=O)[C@H](N)CC(=O)O)C(=O)N[C@@H](CCCNC(=N)N)C(=O)N[C@@H](CCCCN)C(=O)O. The quantitative estimate of drug-likeness (QED) is 0.0281. The molecule has 0 aliphatic carbocycles. The highest BCUT2D eigenvalue weighted by molar-refractivity contribution is 5.96. The van der Waals surface area contributed by atoms with E-state index in [0.29, 0.717) is 19.4 Å². The van der Waals surface area contributed by atoms with E-state index in [1.807, 2.05) is 0 Å². The highest BCUT2D eigenvalue weighted by Crippen LogP contribution is 2.10. The van der Waals surface area contributed by atoms with E-state index in [9.17, 15) is 38.7 Å². The van der Waals surface area contributed by atoms with Gasteiger partial charge in [0.25, 0.3) is 0 Å². The molecule has 4 amide bonds. The van der Waals surface area contributed by atoms with E-state index in [-0.39, 0.29) is 44.1 Å². The molecule has 0 aromatic rings. The molecule has 0 heterocycles. The maximum atomic E-state index is 13.5. The Balaban J connectivity index is 6.01. The van der Waals surface area contributed by atoms with Gasteiger partial charge in [-0.2, -0.15) is 0 Å². The standard InChI is InChI=1S/C27H49N9O10/c1-14(2)12-19(36-24(43)17(8-9-20(37)38)33-22(41)15(29)13-21(39)40)25(44)34-16(7-5-11-32-27(30)31)23(42)35-18(26(45)46)6-3-4-10-28/h14-19H,3-13,28-29H2,1-2H3,(H,33,41)(H,34,44)(H,35,42)(H,36,43)(H,37,38)(H,39,40)(H,45,46)(H4,30,31,32)/t15-,16+,17+,18+,19+/m1/s1. The zero-order chi connectivity index (χ0) is 35.4. The third-order valence-electron chi connectivity index (χ3n) is 6.53. The molecule has 0 aliphatic rings. The normalized spacial score (nSPS) is 14.1. The molecule has 46 heavy (non-hydrogen) atoms. The number of guanidine groups is 1. The largest absolute Gasteiger partial charge is 0.481 e. The molecule has 262 valence electrons. The first-order valence-electron chi connectivity index (χ1n) is 14.9. The Bertz CT molecular complexity index is 1070. The van der Waals surface area contributed by atoms with Crippen molar-refractivity contribution in [2.24, 2.45) is 23.1 Å². The van der Waals surface area contributed by atoms with Gasteiger partial charge in [0.05, 0.1) is 12.5 Å². The molecule has 0 bridgehead atoms. The molecule has 0 aromatic carbocycles. The van der Waals surface area contributed by atoms with E-state index in [1.54, 1.807) is 13.8 Å². The van der Waals surface area contributed by atoms with Gasteiger partial charge in [-0.3, -0.25) is 34.2 Å². The lowest BCUT2D eigenvalue weighted by molar-refractivity contribution is -0.143. The van der Waals surface area contributed by atoms with E-state index >= 15 is 0 Å². The molecule has 0 saturated heterocycles. The second-order valence-corrected chi connectivity index (χ2v) is 11.1. The van der Waals surface area contributed by atoms with Gasteiger partial charge in [-0.25, -0.2) is 4.79 Å². The summed E-state index contributed by atoms with van der Waals surface area (Å²) in [7, 11) is 0. The van der Waals surface area contributed by atoms with Crippen LogP contribution in [0.3, 0.4) is 0 Å². The van der Waals surface area contributed by atoms with Crippen LogP contribution in [0.25, 0.3) is 0 Å². The van der Waals surface area contributed by atoms with Gasteiger partial charge in [-0.1, -0.05) is 13.8 Å². The molecule has 0 rings (SSSR count). The van der Waals surface area contributed by atoms with E-state index < -0.39 is 91.0 Å². The molecule has 0 aromatic heterocycles. The first-order valence-corrected chi connectivity index (χ1v) is 14.9. The summed E-state index contributed by atoms with van der Waals surface area (Å²) in [6.45, 7) is 3.99. The topological polar surface area (TPSA) is 342 Å². The summed E-state index contributed by atoms with van der Waals surface area (Å²) in [6, 6.07) is -6.83. The zero-order valence-corrected chi connectivity index (χ0v) is 26.2. The van der Waals surface area contributed by atoms with Crippen LogP contribution in [0.15, 0.2) is 0 Å². The highest BCUT2D eigenvalue weighted by atomic mass is 16.4. The molecule has 0 radical (unpaired) electrons. The van der Waals surface area contributed by atoms with Crippen molar-refractivity contribution in [3.8, 4) is 0 Å². The number of carbonyl (C=O) groups is 7. The van der Waals surface area contributed by atoms with Gasteiger partial charge in [0.15, 0.2) is 5.96 Å². The fourth-order valence-electron chi connectivity index (χ4n) is 4.16. The van der Waals surface area contributed by atoms with Gasteiger partial charge in [0.2, 0.25) is 23.6 Å². The maximum absolute atomic E-state index is 13.5. The molecule has 0 spiro atoms. The number of unbranched alkanes of at least 4 members (excludes halogenated alkanes) is 1. The Morgan fingerprint density at radius 3 is 1.70 bits per heavy atom. The number of hydrogen-bond acceptors (Lipinski definition) is 10. The summed E-state index contributed by atoms with van der Waals surface area (Å²) >= 11 is 0. The lowest BCUT2D eigenvalue weighted by Crippen LogP contribution is -2.58. The molecule has 15 N–H and O–H groups in total. The fourth-order valence-corrected chi connectivity index (χ4v) is 4.16. The number of nitrogens with one attached hydrogen (secondary N) is 6. The van der Waals surface area contributed by atoms with Crippen molar-refractivity contribution in [3.05, 3.63) is 0 Å². The smallest absolute Gasteiger partial charge is 0.326 e. The lowest BCUT2D eigenvalue weighted by atomic mass is 10.0. The second kappa shape index (κ2) is 22.1. The molecule has 0 saturated carbocycles. The average Bonchev–Trinajstić information content (AvgIpc) is 2.94. The number of carboxylic acid groups (broad SMARTS) is 3. The fraction of sp³-hybridized carbons (Fsp3) is 0.704. The van der Waals surface area contributed by atoms with Gasteiger partial charge in [-0.05, 0) is 57.4 Å². The number of carboxylic acids is 3.